The topological polar surface area (TPSA) is 58.6 Å². The van der Waals surface area contributed by atoms with Crippen molar-refractivity contribution >= 4 is 28.4 Å². The second kappa shape index (κ2) is 10.1. The lowest BCUT2D eigenvalue weighted by Crippen LogP contribution is -2.38. The second-order valence-electron chi connectivity index (χ2n) is 5.64. The van der Waals surface area contributed by atoms with Crippen LogP contribution in [0.2, 0.25) is 0 Å². The molecule has 0 heterocycles. The van der Waals surface area contributed by atoms with E-state index in [0.717, 1.165) is 37.9 Å². The average molecular weight is 363 g/mol. The summed E-state index contributed by atoms with van der Waals surface area (Å²) < 4.78 is 31.7. The van der Waals surface area contributed by atoms with Crippen LogP contribution >= 0.6 is 12.4 Å². The van der Waals surface area contributed by atoms with Gasteiger partial charge in [-0.1, -0.05) is 37.5 Å². The molecule has 1 fully saturated rings. The van der Waals surface area contributed by atoms with Crippen molar-refractivity contribution in [3.63, 3.8) is 0 Å². The molecular weight excluding hydrogens is 336 g/mol. The molecule has 1 aliphatic carbocycles. The number of anilines is 1. The Morgan fingerprint density at radius 3 is 2.43 bits per heavy atom. The molecule has 0 aromatic heterocycles. The zero-order valence-electron chi connectivity index (χ0n) is 13.6. The molecule has 1 aromatic rings. The summed E-state index contributed by atoms with van der Waals surface area (Å²) in [5.41, 5.74) is 1.08. The van der Waals surface area contributed by atoms with Crippen molar-refractivity contribution in [1.82, 2.24) is 4.72 Å². The lowest BCUT2D eigenvalue weighted by molar-refractivity contribution is 0.304. The smallest absolute Gasteiger partial charge is 0.336 e. The molecule has 23 heavy (non-hydrogen) atoms. The fourth-order valence-corrected chi connectivity index (χ4v) is 3.83. The predicted molar refractivity (Wildman–Crippen MR) is 96.5 cm³/mol. The normalized spacial score (nSPS) is 15.9. The maximum atomic E-state index is 12.0. The van der Waals surface area contributed by atoms with Gasteiger partial charge in [-0.3, -0.25) is 4.18 Å². The Morgan fingerprint density at radius 2 is 1.83 bits per heavy atom. The fourth-order valence-electron chi connectivity index (χ4n) is 2.82. The van der Waals surface area contributed by atoms with Crippen molar-refractivity contribution in [3.05, 3.63) is 30.3 Å². The molecule has 5 nitrogen and oxygen atoms in total. The van der Waals surface area contributed by atoms with E-state index in [0.29, 0.717) is 6.54 Å². The minimum Gasteiger partial charge on any atom is -0.369 e. The highest BCUT2D eigenvalue weighted by Gasteiger charge is 2.20. The van der Waals surface area contributed by atoms with Gasteiger partial charge in [-0.15, -0.1) is 12.4 Å². The Balaban J connectivity index is 0.00000264. The van der Waals surface area contributed by atoms with Crippen LogP contribution in [0.3, 0.4) is 0 Å². The maximum absolute atomic E-state index is 12.0. The molecular formula is C16H27ClN2O3S. The van der Waals surface area contributed by atoms with Crippen LogP contribution in [0, 0.1) is 0 Å². The molecule has 0 spiro atoms. The minimum atomic E-state index is -3.64. The minimum absolute atomic E-state index is 0. The van der Waals surface area contributed by atoms with E-state index in [9.17, 15) is 8.42 Å². The Hall–Kier alpha value is -0.820. The first-order chi connectivity index (χ1) is 10.6. The van der Waals surface area contributed by atoms with Crippen molar-refractivity contribution in [2.75, 3.05) is 24.6 Å². The van der Waals surface area contributed by atoms with Crippen molar-refractivity contribution in [1.29, 1.82) is 0 Å². The van der Waals surface area contributed by atoms with Crippen LogP contribution < -0.4 is 9.62 Å². The summed E-state index contributed by atoms with van der Waals surface area (Å²) in [6.07, 6.45) is 5.19. The number of hydrogen-bond acceptors (Lipinski definition) is 4. The highest BCUT2D eigenvalue weighted by atomic mass is 35.5. The van der Waals surface area contributed by atoms with Crippen molar-refractivity contribution < 1.29 is 12.6 Å². The monoisotopic (exact) mass is 362 g/mol. The van der Waals surface area contributed by atoms with Crippen LogP contribution in [0.15, 0.2) is 30.3 Å². The number of likely N-dealkylation sites (N-methyl/N-ethyl adjacent to an activating group) is 1. The van der Waals surface area contributed by atoms with Crippen molar-refractivity contribution in [2.24, 2.45) is 0 Å². The molecule has 0 aliphatic heterocycles. The first-order valence-electron chi connectivity index (χ1n) is 8.07. The fraction of sp³-hybridized carbons (Fsp3) is 0.625. The summed E-state index contributed by atoms with van der Waals surface area (Å²) in [6.45, 7) is 3.56. The summed E-state index contributed by atoms with van der Waals surface area (Å²) in [4.78, 5) is 2.09. The van der Waals surface area contributed by atoms with Crippen molar-refractivity contribution in [2.45, 2.75) is 45.1 Å². The van der Waals surface area contributed by atoms with Gasteiger partial charge in [0.05, 0.1) is 6.61 Å². The SMILES string of the molecule is CCN(CCOS(=O)(=O)NC1CCCCC1)c1ccccc1.Cl. The molecule has 2 rings (SSSR count). The number of para-hydroxylation sites is 1. The van der Waals surface area contributed by atoms with E-state index < -0.39 is 10.3 Å². The van der Waals surface area contributed by atoms with Gasteiger partial charge in [0.1, 0.15) is 0 Å². The zero-order chi connectivity index (χ0) is 15.8. The van der Waals surface area contributed by atoms with E-state index in [4.69, 9.17) is 4.18 Å². The van der Waals surface area contributed by atoms with Crippen LogP contribution in [-0.4, -0.2) is 34.2 Å². The van der Waals surface area contributed by atoms with E-state index in [-0.39, 0.29) is 25.1 Å². The molecule has 132 valence electrons. The van der Waals surface area contributed by atoms with Crippen LogP contribution in [-0.2, 0) is 14.5 Å². The van der Waals surface area contributed by atoms with Gasteiger partial charge in [0.25, 0.3) is 0 Å². The summed E-state index contributed by atoms with van der Waals surface area (Å²) in [5.74, 6) is 0. The van der Waals surface area contributed by atoms with Crippen LogP contribution in [0.25, 0.3) is 0 Å². The Bertz CT molecular complexity index is 534. The lowest BCUT2D eigenvalue weighted by Gasteiger charge is -2.24. The van der Waals surface area contributed by atoms with E-state index in [2.05, 4.69) is 9.62 Å². The van der Waals surface area contributed by atoms with Gasteiger partial charge in [0.15, 0.2) is 0 Å². The number of nitrogens with one attached hydrogen (secondary N) is 1. The third kappa shape index (κ3) is 7.08. The van der Waals surface area contributed by atoms with Gasteiger partial charge < -0.3 is 4.90 Å². The first kappa shape index (κ1) is 20.2. The summed E-state index contributed by atoms with van der Waals surface area (Å²) >= 11 is 0. The lowest BCUT2D eigenvalue weighted by atomic mass is 9.96. The van der Waals surface area contributed by atoms with E-state index in [1.54, 1.807) is 0 Å². The molecule has 7 heteroatoms. The van der Waals surface area contributed by atoms with Gasteiger partial charge >= 0.3 is 10.3 Å². The standard InChI is InChI=1S/C16H26N2O3S.ClH/c1-2-18(16-11-7-4-8-12-16)13-14-21-22(19,20)17-15-9-5-3-6-10-15;/h4,7-8,11-12,15,17H,2-3,5-6,9-10,13-14H2,1H3;1H. The van der Waals surface area contributed by atoms with E-state index in [1.165, 1.54) is 6.42 Å². The van der Waals surface area contributed by atoms with Crippen LogP contribution in [0.5, 0.6) is 0 Å². The number of halogens is 1. The Morgan fingerprint density at radius 1 is 1.17 bits per heavy atom. The summed E-state index contributed by atoms with van der Waals surface area (Å²) in [6, 6.07) is 9.97. The molecule has 1 aromatic carbocycles. The molecule has 0 amide bonds. The first-order valence-corrected chi connectivity index (χ1v) is 9.48. The molecule has 0 bridgehead atoms. The number of rotatable bonds is 8. The van der Waals surface area contributed by atoms with Crippen LogP contribution in [0.1, 0.15) is 39.0 Å². The summed E-state index contributed by atoms with van der Waals surface area (Å²) in [7, 11) is -3.64. The highest BCUT2D eigenvalue weighted by molar-refractivity contribution is 7.84. The summed E-state index contributed by atoms with van der Waals surface area (Å²) in [5, 5.41) is 0. The Labute approximate surface area is 146 Å². The third-order valence-electron chi connectivity index (χ3n) is 4.02. The van der Waals surface area contributed by atoms with Crippen LogP contribution in [0.4, 0.5) is 5.69 Å². The van der Waals surface area contributed by atoms with Gasteiger partial charge in [-0.2, -0.15) is 13.1 Å². The molecule has 0 unspecified atom stereocenters. The largest absolute Gasteiger partial charge is 0.369 e. The van der Waals surface area contributed by atoms with Gasteiger partial charge in [-0.25, -0.2) is 0 Å². The molecule has 0 radical (unpaired) electrons. The van der Waals surface area contributed by atoms with Gasteiger partial charge in [-0.05, 0) is 31.9 Å². The van der Waals surface area contributed by atoms with E-state index in [1.807, 2.05) is 37.3 Å². The Kier molecular flexibility index (Phi) is 8.91. The molecule has 1 aliphatic rings. The number of benzene rings is 1. The molecule has 1 saturated carbocycles. The van der Waals surface area contributed by atoms with Gasteiger partial charge in [0.2, 0.25) is 0 Å². The molecule has 0 saturated heterocycles. The third-order valence-corrected chi connectivity index (χ3v) is 5.12. The zero-order valence-corrected chi connectivity index (χ0v) is 15.2. The van der Waals surface area contributed by atoms with Crippen molar-refractivity contribution in [3.8, 4) is 0 Å². The predicted octanol–water partition coefficient (Wildman–Crippen LogP) is 3.12. The quantitative estimate of drug-likeness (QED) is 0.771. The van der Waals surface area contributed by atoms with E-state index >= 15 is 0 Å². The maximum Gasteiger partial charge on any atom is 0.336 e. The number of nitrogens with zero attached hydrogens (tertiary/aromatic N) is 1. The second-order valence-corrected chi connectivity index (χ2v) is 7.02. The average Bonchev–Trinajstić information content (AvgIpc) is 2.53. The highest BCUT2D eigenvalue weighted by Crippen LogP contribution is 2.18. The molecule has 1 N–H and O–H groups in total. The van der Waals surface area contributed by atoms with Gasteiger partial charge in [0, 0.05) is 24.8 Å². The molecule has 0 atom stereocenters. The number of hydrogen-bond donors (Lipinski definition) is 1.